The summed E-state index contributed by atoms with van der Waals surface area (Å²) in [6.45, 7) is 0.100. The molecule has 6 nitrogen and oxygen atoms in total. The Hall–Kier alpha value is -2.14. The Morgan fingerprint density at radius 1 is 1.12 bits per heavy atom. The molecule has 2 aromatic carbocycles. The summed E-state index contributed by atoms with van der Waals surface area (Å²) >= 11 is 5.52. The maximum absolute atomic E-state index is 13.0. The molecule has 0 aromatic heterocycles. The molecule has 0 spiro atoms. The van der Waals surface area contributed by atoms with E-state index in [-0.39, 0.29) is 24.9 Å². The molecule has 0 saturated heterocycles. The Labute approximate surface area is 190 Å². The van der Waals surface area contributed by atoms with E-state index < -0.39 is 31.7 Å². The van der Waals surface area contributed by atoms with Gasteiger partial charge in [-0.05, 0) is 44.3 Å². The van der Waals surface area contributed by atoms with Gasteiger partial charge >= 0.3 is 6.18 Å². The van der Waals surface area contributed by atoms with E-state index in [1.54, 1.807) is 0 Å². The zero-order valence-corrected chi connectivity index (χ0v) is 19.2. The number of sulfonamides is 1. The molecule has 1 atom stereocenters. The van der Waals surface area contributed by atoms with Gasteiger partial charge in [-0.25, -0.2) is 13.1 Å². The molecule has 11 heteroatoms. The molecule has 2 rings (SSSR count). The molecule has 0 aliphatic rings. The number of carbonyl (C=O) groups excluding carboxylic acids is 1. The Balaban J connectivity index is 1.89. The Morgan fingerprint density at radius 2 is 1.78 bits per heavy atom. The van der Waals surface area contributed by atoms with Gasteiger partial charge in [0.15, 0.2) is 0 Å². The minimum absolute atomic E-state index is 0.0351. The third kappa shape index (κ3) is 7.77. The van der Waals surface area contributed by atoms with Crippen LogP contribution >= 0.6 is 11.6 Å². The number of likely N-dealkylation sites (N-methyl/N-ethyl adjacent to an activating group) is 1. The number of nitrogens with one attached hydrogen (secondary N) is 2. The average molecular weight is 492 g/mol. The lowest BCUT2D eigenvalue weighted by Gasteiger charge is -2.24. The highest BCUT2D eigenvalue weighted by atomic mass is 35.5. The van der Waals surface area contributed by atoms with Crippen molar-refractivity contribution in [2.24, 2.45) is 0 Å². The number of halogens is 4. The first-order chi connectivity index (χ1) is 14.9. The Bertz CT molecular complexity index is 1020. The first-order valence-electron chi connectivity index (χ1n) is 9.73. The molecule has 1 unspecified atom stereocenters. The van der Waals surface area contributed by atoms with E-state index in [1.165, 1.54) is 0 Å². The van der Waals surface area contributed by atoms with E-state index >= 15 is 0 Å². The second-order valence-electron chi connectivity index (χ2n) is 7.40. The van der Waals surface area contributed by atoms with Crippen LogP contribution in [-0.4, -0.2) is 52.5 Å². The normalized spacial score (nSPS) is 13.2. The van der Waals surface area contributed by atoms with Crippen molar-refractivity contribution in [3.8, 4) is 0 Å². The lowest BCUT2D eigenvalue weighted by atomic mass is 10.1. The molecule has 2 aromatic rings. The monoisotopic (exact) mass is 491 g/mol. The largest absolute Gasteiger partial charge is 0.417 e. The molecule has 1 amide bonds. The number of amides is 1. The summed E-state index contributed by atoms with van der Waals surface area (Å²) in [5, 5.41) is 2.17. The smallest absolute Gasteiger partial charge is 0.354 e. The third-order valence-electron chi connectivity index (χ3n) is 4.78. The van der Waals surface area contributed by atoms with Crippen molar-refractivity contribution in [1.82, 2.24) is 14.9 Å². The number of hydrogen-bond acceptors (Lipinski definition) is 4. The predicted molar refractivity (Wildman–Crippen MR) is 117 cm³/mol. The van der Waals surface area contributed by atoms with Crippen LogP contribution in [0, 0.1) is 0 Å². The van der Waals surface area contributed by atoms with Crippen molar-refractivity contribution in [3.05, 3.63) is 64.7 Å². The maximum atomic E-state index is 13.0. The van der Waals surface area contributed by atoms with Crippen molar-refractivity contribution in [2.45, 2.75) is 30.0 Å². The Morgan fingerprint density at radius 3 is 2.38 bits per heavy atom. The van der Waals surface area contributed by atoms with Gasteiger partial charge in [0.2, 0.25) is 15.9 Å². The van der Waals surface area contributed by atoms with Crippen LogP contribution in [-0.2, 0) is 27.4 Å². The summed E-state index contributed by atoms with van der Waals surface area (Å²) in [7, 11) is -0.442. The molecule has 0 fully saturated rings. The fraction of sp³-hybridized carbons (Fsp3) is 0.381. The summed E-state index contributed by atoms with van der Waals surface area (Å²) in [5.74, 6) is -0.375. The van der Waals surface area contributed by atoms with Gasteiger partial charge in [0.25, 0.3) is 0 Å². The molecule has 2 N–H and O–H groups in total. The van der Waals surface area contributed by atoms with E-state index in [0.29, 0.717) is 12.6 Å². The number of alkyl halides is 3. The molecule has 176 valence electrons. The van der Waals surface area contributed by atoms with E-state index in [9.17, 15) is 26.4 Å². The van der Waals surface area contributed by atoms with Gasteiger partial charge < -0.3 is 10.2 Å². The first-order valence-corrected chi connectivity index (χ1v) is 11.6. The van der Waals surface area contributed by atoms with Gasteiger partial charge in [0, 0.05) is 25.6 Å². The molecule has 0 saturated carbocycles. The maximum Gasteiger partial charge on any atom is 0.417 e. The van der Waals surface area contributed by atoms with Crippen molar-refractivity contribution in [2.75, 3.05) is 27.2 Å². The van der Waals surface area contributed by atoms with Crippen LogP contribution in [0.25, 0.3) is 0 Å². The van der Waals surface area contributed by atoms with Gasteiger partial charge in [-0.1, -0.05) is 41.9 Å². The van der Waals surface area contributed by atoms with E-state index in [4.69, 9.17) is 11.6 Å². The number of nitrogens with zero attached hydrogens (tertiary/aromatic N) is 1. The van der Waals surface area contributed by atoms with Crippen molar-refractivity contribution >= 4 is 27.5 Å². The molecular weight excluding hydrogens is 467 g/mol. The van der Waals surface area contributed by atoms with Crippen molar-refractivity contribution < 1.29 is 26.4 Å². The molecule has 0 heterocycles. The van der Waals surface area contributed by atoms with Gasteiger partial charge in [-0.2, -0.15) is 13.2 Å². The second-order valence-corrected chi connectivity index (χ2v) is 9.57. The van der Waals surface area contributed by atoms with Crippen LogP contribution in [0.15, 0.2) is 53.4 Å². The highest BCUT2D eigenvalue weighted by molar-refractivity contribution is 7.89. The van der Waals surface area contributed by atoms with E-state index in [0.717, 1.165) is 24.1 Å². The quantitative estimate of drug-likeness (QED) is 0.534. The molecule has 0 radical (unpaired) electrons. The van der Waals surface area contributed by atoms with Gasteiger partial charge in [-0.15, -0.1) is 0 Å². The van der Waals surface area contributed by atoms with Crippen LogP contribution in [0.2, 0.25) is 5.02 Å². The fourth-order valence-electron chi connectivity index (χ4n) is 2.91. The van der Waals surface area contributed by atoms with Crippen molar-refractivity contribution in [3.63, 3.8) is 0 Å². The minimum Gasteiger partial charge on any atom is -0.354 e. The lowest BCUT2D eigenvalue weighted by Crippen LogP contribution is -2.42. The van der Waals surface area contributed by atoms with E-state index in [2.05, 4.69) is 10.0 Å². The number of carbonyl (C=O) groups is 1. The van der Waals surface area contributed by atoms with Crippen LogP contribution in [0.5, 0.6) is 0 Å². The standard InChI is InChI=1S/C21H25ClF3N3O3S/c1-28(2)16(12-15-6-4-3-5-7-15)14-26-20(29)10-11-27-32(30,31)17-8-9-19(22)18(13-17)21(23,24)25/h3-9,13,16,27H,10-12,14H2,1-2H3,(H,26,29). The van der Waals surface area contributed by atoms with Crippen molar-refractivity contribution in [1.29, 1.82) is 0 Å². The predicted octanol–water partition coefficient (Wildman–Crippen LogP) is 3.32. The highest BCUT2D eigenvalue weighted by Gasteiger charge is 2.34. The van der Waals surface area contributed by atoms with Crippen LogP contribution in [0.3, 0.4) is 0 Å². The summed E-state index contributed by atoms with van der Waals surface area (Å²) in [6, 6.07) is 12.1. The minimum atomic E-state index is -4.79. The topological polar surface area (TPSA) is 78.5 Å². The summed E-state index contributed by atoms with van der Waals surface area (Å²) < 4.78 is 65.6. The van der Waals surface area contributed by atoms with Crippen LogP contribution < -0.4 is 10.0 Å². The van der Waals surface area contributed by atoms with Gasteiger partial charge in [-0.3, -0.25) is 4.79 Å². The summed E-state index contributed by atoms with van der Waals surface area (Å²) in [4.78, 5) is 13.5. The highest BCUT2D eigenvalue weighted by Crippen LogP contribution is 2.35. The lowest BCUT2D eigenvalue weighted by molar-refractivity contribution is -0.137. The third-order valence-corrected chi connectivity index (χ3v) is 6.57. The molecule has 0 aliphatic heterocycles. The molecular formula is C21H25ClF3N3O3S. The first kappa shape index (κ1) is 26.1. The summed E-state index contributed by atoms with van der Waals surface area (Å²) in [6.07, 6.45) is -4.23. The van der Waals surface area contributed by atoms with Gasteiger partial charge in [0.05, 0.1) is 15.5 Å². The summed E-state index contributed by atoms with van der Waals surface area (Å²) in [5.41, 5.74) is -0.123. The number of hydrogen-bond donors (Lipinski definition) is 2. The van der Waals surface area contributed by atoms with Crippen LogP contribution in [0.4, 0.5) is 13.2 Å². The zero-order valence-electron chi connectivity index (χ0n) is 17.6. The second kappa shape index (κ2) is 11.1. The average Bonchev–Trinajstić information content (AvgIpc) is 2.70. The molecule has 32 heavy (non-hydrogen) atoms. The molecule has 0 bridgehead atoms. The number of rotatable bonds is 10. The zero-order chi connectivity index (χ0) is 23.9. The fourth-order valence-corrected chi connectivity index (χ4v) is 4.20. The van der Waals surface area contributed by atoms with E-state index in [1.807, 2.05) is 49.3 Å². The Kier molecular flexibility index (Phi) is 9.08. The molecule has 0 aliphatic carbocycles. The van der Waals surface area contributed by atoms with Gasteiger partial charge in [0.1, 0.15) is 0 Å². The SMILES string of the molecule is CN(C)C(CNC(=O)CCNS(=O)(=O)c1ccc(Cl)c(C(F)(F)F)c1)Cc1ccccc1. The van der Waals surface area contributed by atoms with Crippen LogP contribution in [0.1, 0.15) is 17.5 Å². The number of benzene rings is 2.